The standard InChI is InChI=1S/C16H20N2O4.C13H24N2O3.C12H16N2O3.C12H24N2O2.C9H8O3.C5H5NO4.C4H4O.2CH4.H2/c19-8-17-7-9-1-3-10(4-2-9)18-15(20)13-11-5-6-12(22-11)14(13)16(18)21;1-13(2,3)18-12(17)15-11-6-4-10(5-7-11)8-14-9-16;15-8-13-7-9-1-3-10(4-2-9)14-11(16)5-6-12(14)17;1-12(2,3)16-11(15)14-10-6-4-9(8-13)5-7-10;1-4-7-5-2-3-6(12-5)8(7)9(10)11-4;7-3-10-6-4(8)1-2-5(6)9;1-2-4-5-3-1;;;/h5-6,8-14H,1-4,7H2,(H,17,19);9-11H,4-8H2,1-3H3,(H,14,16)(H,15,17);5-6,8-10H,1-4,7H2,(H,13,15);9-10H,4-8,13H2,1-3H3,(H,14,15);2-3,5-8H,1H2;3H,1-2H2;1-4H;2*1H4;1H/i;;;;;;;;;1+1. The van der Waals surface area contributed by atoms with Gasteiger partial charge in [0, 0.05) is 70.2 Å². The minimum Gasteiger partial charge on any atom is -0.473 e. The first-order valence-corrected chi connectivity index (χ1v) is 34.9. The molecular weight excluding hydrogens is 1320 g/mol. The third-order valence-corrected chi connectivity index (χ3v) is 19.4. The Morgan fingerprint density at radius 2 is 0.902 bits per heavy atom. The number of carbonyl (C=O) groups excluding carboxylic acids is 13. The van der Waals surface area contributed by atoms with Crippen LogP contribution in [-0.4, -0.2) is 180 Å². The lowest BCUT2D eigenvalue weighted by molar-refractivity contribution is -0.188. The Bertz CT molecular complexity index is 2970. The first kappa shape index (κ1) is 84.1. The summed E-state index contributed by atoms with van der Waals surface area (Å²) in [5.74, 6) is 0.471. The van der Waals surface area contributed by atoms with Gasteiger partial charge in [-0.3, -0.25) is 62.5 Å². The van der Waals surface area contributed by atoms with Crippen molar-refractivity contribution < 1.29 is 96.7 Å². The second-order valence-corrected chi connectivity index (χ2v) is 28.8. The van der Waals surface area contributed by atoms with Gasteiger partial charge in [0.1, 0.15) is 17.0 Å². The third-order valence-electron chi connectivity index (χ3n) is 19.4. The summed E-state index contributed by atoms with van der Waals surface area (Å²) >= 11 is 0. The van der Waals surface area contributed by atoms with Crippen LogP contribution in [0.15, 0.2) is 77.9 Å². The Kier molecular flexibility index (Phi) is 33.2. The molecule has 568 valence electrons. The second-order valence-electron chi connectivity index (χ2n) is 28.8. The first-order chi connectivity index (χ1) is 47.8. The molecule has 1 aromatic heterocycles. The van der Waals surface area contributed by atoms with Crippen molar-refractivity contribution >= 4 is 79.3 Å². The molecule has 9 fully saturated rings. The largest absolute Gasteiger partial charge is 0.473 e. The number of cyclic esters (lactones) is 1. The molecule has 8 unspecified atom stereocenters. The highest BCUT2D eigenvalue weighted by Gasteiger charge is 2.62. The Labute approximate surface area is 599 Å². The Balaban J connectivity index is 0.000000260. The van der Waals surface area contributed by atoms with Crippen LogP contribution < -0.4 is 32.3 Å². The average molecular weight is 1440 g/mol. The SMILES string of the molecule is C.C.C=C1OC(=O)C2C3C=CC(O3)C12.CC(C)(C)OC(=O)NC1CCC(CN)CC1.CC(C)(C)OC(=O)NC1CCC(CNC=O)CC1.O=CNCC1CCC(N2C(=O)C3C4C=CC(O4)C3C2=O)CC1.O=CNCC1CCC(N2C(=O)C=CC2=O)CC1.O=CON1C(=O)CCC1=O.[2HH].c1ccoc1. The normalized spacial score (nSPS) is 30.2. The van der Waals surface area contributed by atoms with Crippen molar-refractivity contribution in [2.45, 2.75) is 232 Å². The molecule has 1 aromatic rings. The number of esters is 1. The number of carbonyl (C=O) groups is 13. The summed E-state index contributed by atoms with van der Waals surface area (Å²) in [6.07, 6.45) is 30.4. The molecular formula is C73H111N9O20. The molecule has 13 rings (SSSR count). The molecule has 102 heavy (non-hydrogen) atoms. The number of hydroxylamine groups is 2. The predicted molar refractivity (Wildman–Crippen MR) is 373 cm³/mol. The van der Waals surface area contributed by atoms with E-state index in [-0.39, 0.29) is 150 Å². The molecule has 8 aliphatic heterocycles. The molecule has 9 heterocycles. The number of imide groups is 3. The minimum atomic E-state index is -0.461. The van der Waals surface area contributed by atoms with Crippen molar-refractivity contribution in [1.29, 1.82) is 0 Å². The lowest BCUT2D eigenvalue weighted by Gasteiger charge is -2.34. The molecule has 5 saturated heterocycles. The number of rotatable bonds is 16. The lowest BCUT2D eigenvalue weighted by Crippen LogP contribution is -2.45. The summed E-state index contributed by atoms with van der Waals surface area (Å²) in [6.45, 7) is 17.8. The van der Waals surface area contributed by atoms with Gasteiger partial charge in [-0.2, -0.15) is 0 Å². The number of ether oxygens (including phenoxy) is 5. The fourth-order valence-corrected chi connectivity index (χ4v) is 14.5. The molecule has 8 atom stereocenters. The van der Waals surface area contributed by atoms with Gasteiger partial charge in [0.2, 0.25) is 31.0 Å². The zero-order chi connectivity index (χ0) is 72.7. The molecule has 0 spiro atoms. The maximum absolute atomic E-state index is 12.7. The molecule has 4 aliphatic carbocycles. The number of amides is 11. The highest BCUT2D eigenvalue weighted by Crippen LogP contribution is 2.49. The molecule has 7 N–H and O–H groups in total. The van der Waals surface area contributed by atoms with E-state index in [9.17, 15) is 62.3 Å². The van der Waals surface area contributed by atoms with Gasteiger partial charge in [-0.1, -0.05) is 45.7 Å². The highest BCUT2D eigenvalue weighted by atomic mass is 16.7. The smallest absolute Gasteiger partial charge is 0.407 e. The number of hydrogen-bond donors (Lipinski definition) is 6. The van der Waals surface area contributed by atoms with E-state index in [0.29, 0.717) is 54.0 Å². The van der Waals surface area contributed by atoms with Gasteiger partial charge in [0.15, 0.2) is 0 Å². The predicted octanol–water partition coefficient (Wildman–Crippen LogP) is 6.94. The summed E-state index contributed by atoms with van der Waals surface area (Å²) < 4.78 is 31.1. The van der Waals surface area contributed by atoms with E-state index in [0.717, 1.165) is 129 Å². The van der Waals surface area contributed by atoms with E-state index in [1.165, 1.54) is 22.0 Å². The number of nitrogens with two attached hydrogens (primary N) is 1. The Hall–Kier alpha value is -8.57. The van der Waals surface area contributed by atoms with E-state index in [1.54, 1.807) is 12.5 Å². The van der Waals surface area contributed by atoms with E-state index in [4.69, 9.17) is 29.4 Å². The van der Waals surface area contributed by atoms with Gasteiger partial charge >= 0.3 is 24.6 Å². The van der Waals surface area contributed by atoms with Crippen LogP contribution in [0.2, 0.25) is 0 Å². The number of nitrogens with one attached hydrogen (secondary N) is 5. The average Bonchev–Trinajstić information content (AvgIpc) is 1.58. The zero-order valence-electron chi connectivity index (χ0n) is 58.2. The molecule has 29 nitrogen and oxygen atoms in total. The van der Waals surface area contributed by atoms with Crippen LogP contribution in [0.3, 0.4) is 0 Å². The molecule has 29 heteroatoms. The second kappa shape index (κ2) is 40.3. The summed E-state index contributed by atoms with van der Waals surface area (Å²) in [5, 5.41) is 14.4. The summed E-state index contributed by atoms with van der Waals surface area (Å²) in [5.41, 5.74) is 4.75. The monoisotopic (exact) mass is 1430 g/mol. The van der Waals surface area contributed by atoms with Gasteiger partial charge in [-0.15, -0.1) is 5.06 Å². The van der Waals surface area contributed by atoms with Crippen LogP contribution in [0.1, 0.15) is 173 Å². The first-order valence-electron chi connectivity index (χ1n) is 34.9. The number of furan rings is 1. The Morgan fingerprint density at radius 1 is 0.539 bits per heavy atom. The molecule has 12 aliphatic rings. The van der Waals surface area contributed by atoms with Gasteiger partial charge in [-0.05, 0) is 187 Å². The van der Waals surface area contributed by atoms with Gasteiger partial charge in [0.25, 0.3) is 23.6 Å². The summed E-state index contributed by atoms with van der Waals surface area (Å²) in [4.78, 5) is 151. The fourth-order valence-electron chi connectivity index (χ4n) is 14.5. The maximum atomic E-state index is 12.7. The summed E-state index contributed by atoms with van der Waals surface area (Å²) in [7, 11) is 0. The van der Waals surface area contributed by atoms with E-state index in [1.807, 2.05) is 78.0 Å². The number of likely N-dealkylation sites (tertiary alicyclic amines) is 1. The number of alkyl carbamates (subject to hydrolysis) is 2. The van der Waals surface area contributed by atoms with Crippen LogP contribution in [-0.2, 0) is 81.3 Å². The maximum Gasteiger partial charge on any atom is 0.407 e. The van der Waals surface area contributed by atoms with E-state index in [2.05, 4.69) is 42.4 Å². The van der Waals surface area contributed by atoms with Crippen molar-refractivity contribution in [1.82, 2.24) is 41.4 Å². The number of fused-ring (bicyclic) bond motifs is 10. The van der Waals surface area contributed by atoms with Gasteiger partial charge < -0.3 is 65.3 Å². The molecule has 0 radical (unpaired) electrons. The molecule has 4 saturated carbocycles. The van der Waals surface area contributed by atoms with Crippen LogP contribution in [0.5, 0.6) is 0 Å². The van der Waals surface area contributed by atoms with Crippen LogP contribution in [0.4, 0.5) is 9.59 Å². The van der Waals surface area contributed by atoms with Gasteiger partial charge in [0.05, 0.1) is 60.6 Å². The van der Waals surface area contributed by atoms with E-state index >= 15 is 0 Å². The van der Waals surface area contributed by atoms with Gasteiger partial charge in [-0.25, -0.2) is 9.59 Å². The highest BCUT2D eigenvalue weighted by molar-refractivity contribution is 6.13. The van der Waals surface area contributed by atoms with Crippen molar-refractivity contribution in [3.05, 3.63) is 73.5 Å². The molecule has 4 bridgehead atoms. The topological polar surface area (TPSA) is 386 Å². The fraction of sp³-hybridized carbons (Fsp3) is 0.658. The Morgan fingerprint density at radius 3 is 1.25 bits per heavy atom. The third kappa shape index (κ3) is 24.3. The lowest BCUT2D eigenvalue weighted by atomic mass is 9.84. The van der Waals surface area contributed by atoms with Crippen molar-refractivity contribution in [2.75, 3.05) is 26.2 Å². The minimum absolute atomic E-state index is 0. The number of nitrogens with zero attached hydrogens (tertiary/aromatic N) is 3. The molecule has 11 amide bonds. The number of hydrogen-bond acceptors (Lipinski definition) is 21. The van der Waals surface area contributed by atoms with Crippen LogP contribution in [0, 0.1) is 47.3 Å². The molecule has 0 aromatic carbocycles. The van der Waals surface area contributed by atoms with E-state index < -0.39 is 23.0 Å². The van der Waals surface area contributed by atoms with Crippen molar-refractivity contribution in [3.63, 3.8) is 0 Å². The van der Waals surface area contributed by atoms with Crippen LogP contribution in [0.25, 0.3) is 0 Å². The summed E-state index contributed by atoms with van der Waals surface area (Å²) in [6, 6.07) is 4.19. The quantitative estimate of drug-likeness (QED) is 0.0321. The van der Waals surface area contributed by atoms with Crippen molar-refractivity contribution in [3.8, 4) is 0 Å². The van der Waals surface area contributed by atoms with Crippen LogP contribution >= 0.6 is 0 Å². The van der Waals surface area contributed by atoms with Crippen molar-refractivity contribution in [2.24, 2.45) is 53.1 Å². The zero-order valence-corrected chi connectivity index (χ0v) is 58.2.